The van der Waals surface area contributed by atoms with Crippen LogP contribution in [0.1, 0.15) is 11.3 Å². The van der Waals surface area contributed by atoms with E-state index in [0.717, 1.165) is 17.8 Å². The lowest BCUT2D eigenvalue weighted by Gasteiger charge is -2.13. The van der Waals surface area contributed by atoms with Crippen molar-refractivity contribution < 1.29 is 31.9 Å². The SMILES string of the molecule is COc1ccc(-c2cncc3cc(C=C4SC(=O)NC4=O)oc23)cc1C(F)(F)F. The predicted octanol–water partition coefficient (Wildman–Crippen LogP) is 4.85. The highest BCUT2D eigenvalue weighted by molar-refractivity contribution is 8.18. The van der Waals surface area contributed by atoms with Crippen LogP contribution in [-0.2, 0) is 11.0 Å². The Morgan fingerprint density at radius 1 is 1.21 bits per heavy atom. The highest BCUT2D eigenvalue weighted by Gasteiger charge is 2.35. The summed E-state index contributed by atoms with van der Waals surface area (Å²) in [6.07, 6.45) is -0.318. The summed E-state index contributed by atoms with van der Waals surface area (Å²) < 4.78 is 50.6. The Morgan fingerprint density at radius 2 is 2.00 bits per heavy atom. The maximum absolute atomic E-state index is 13.4. The number of furan rings is 1. The third kappa shape index (κ3) is 3.58. The molecule has 4 rings (SSSR count). The largest absolute Gasteiger partial charge is 0.496 e. The number of methoxy groups -OCH3 is 1. The Labute approximate surface area is 165 Å². The molecule has 2 amide bonds. The Balaban J connectivity index is 1.82. The van der Waals surface area contributed by atoms with Gasteiger partial charge in [-0.3, -0.25) is 19.9 Å². The van der Waals surface area contributed by atoms with Gasteiger partial charge in [0.1, 0.15) is 17.1 Å². The smallest absolute Gasteiger partial charge is 0.419 e. The Hall–Kier alpha value is -3.27. The number of halogens is 3. The second-order valence-corrected chi connectivity index (χ2v) is 7.03. The first-order valence-corrected chi connectivity index (χ1v) is 8.96. The average Bonchev–Trinajstić information content (AvgIpc) is 3.22. The number of nitrogens with zero attached hydrogens (tertiary/aromatic N) is 1. The third-order valence-corrected chi connectivity index (χ3v) is 4.98. The summed E-state index contributed by atoms with van der Waals surface area (Å²) in [6, 6.07) is 5.26. The molecule has 0 unspecified atom stereocenters. The van der Waals surface area contributed by atoms with Crippen molar-refractivity contribution in [1.29, 1.82) is 0 Å². The minimum Gasteiger partial charge on any atom is -0.496 e. The van der Waals surface area contributed by atoms with Gasteiger partial charge in [-0.1, -0.05) is 6.07 Å². The van der Waals surface area contributed by atoms with E-state index in [4.69, 9.17) is 9.15 Å². The minimum absolute atomic E-state index is 0.160. The first kappa shape index (κ1) is 19.1. The monoisotopic (exact) mass is 420 g/mol. The predicted molar refractivity (Wildman–Crippen MR) is 100 cm³/mol. The van der Waals surface area contributed by atoms with Crippen molar-refractivity contribution in [2.75, 3.05) is 7.11 Å². The molecular weight excluding hydrogens is 409 g/mol. The molecule has 1 saturated heterocycles. The van der Waals surface area contributed by atoms with Gasteiger partial charge in [-0.2, -0.15) is 13.2 Å². The number of fused-ring (bicyclic) bond motifs is 1. The lowest BCUT2D eigenvalue weighted by molar-refractivity contribution is -0.138. The number of hydrogen-bond donors (Lipinski definition) is 1. The van der Waals surface area contributed by atoms with Crippen LogP contribution in [0.5, 0.6) is 5.75 Å². The van der Waals surface area contributed by atoms with E-state index in [-0.39, 0.29) is 22.0 Å². The molecule has 1 N–H and O–H groups in total. The summed E-state index contributed by atoms with van der Waals surface area (Å²) in [4.78, 5) is 27.2. The topological polar surface area (TPSA) is 81.4 Å². The molecule has 1 aromatic carbocycles. The van der Waals surface area contributed by atoms with E-state index in [9.17, 15) is 22.8 Å². The number of ether oxygens (including phenoxy) is 1. The number of nitrogens with one attached hydrogen (secondary N) is 1. The van der Waals surface area contributed by atoms with Crippen molar-refractivity contribution in [3.05, 3.63) is 52.9 Å². The molecule has 3 heterocycles. The highest BCUT2D eigenvalue weighted by atomic mass is 32.2. The van der Waals surface area contributed by atoms with E-state index in [1.807, 2.05) is 0 Å². The molecule has 1 fully saturated rings. The maximum Gasteiger partial charge on any atom is 0.419 e. The molecule has 29 heavy (non-hydrogen) atoms. The summed E-state index contributed by atoms with van der Waals surface area (Å²) in [5.74, 6) is -0.560. The van der Waals surface area contributed by atoms with Crippen LogP contribution in [0, 0.1) is 0 Å². The van der Waals surface area contributed by atoms with Gasteiger partial charge in [-0.25, -0.2) is 0 Å². The highest BCUT2D eigenvalue weighted by Crippen LogP contribution is 2.40. The molecule has 0 spiro atoms. The van der Waals surface area contributed by atoms with Crippen molar-refractivity contribution in [3.8, 4) is 16.9 Å². The lowest BCUT2D eigenvalue weighted by atomic mass is 10.0. The number of aromatic nitrogens is 1. The van der Waals surface area contributed by atoms with Crippen molar-refractivity contribution in [1.82, 2.24) is 10.3 Å². The van der Waals surface area contributed by atoms with Crippen molar-refractivity contribution in [3.63, 3.8) is 0 Å². The van der Waals surface area contributed by atoms with Gasteiger partial charge in [-0.15, -0.1) is 0 Å². The van der Waals surface area contributed by atoms with Crippen molar-refractivity contribution in [2.45, 2.75) is 6.18 Å². The molecule has 2 aromatic heterocycles. The van der Waals surface area contributed by atoms with Gasteiger partial charge < -0.3 is 9.15 Å². The first-order chi connectivity index (χ1) is 13.8. The maximum atomic E-state index is 13.4. The van der Waals surface area contributed by atoms with Crippen LogP contribution in [0.3, 0.4) is 0 Å². The standard InChI is InChI=1S/C19H11F3N2O4S/c1-27-14-3-2-9(5-13(14)19(20,21)22)12-8-23-7-10-4-11(28-16(10)12)6-15-17(25)24-18(26)29-15/h2-8H,1H3,(H,24,25,26). The Bertz CT molecular complexity index is 1180. The molecule has 1 aliphatic heterocycles. The Kier molecular flexibility index (Phi) is 4.58. The molecule has 10 heteroatoms. The van der Waals surface area contributed by atoms with Gasteiger partial charge in [0.15, 0.2) is 0 Å². The number of rotatable bonds is 3. The number of amides is 2. The number of benzene rings is 1. The average molecular weight is 420 g/mol. The fourth-order valence-electron chi connectivity index (χ4n) is 2.91. The summed E-state index contributed by atoms with van der Waals surface area (Å²) in [6.45, 7) is 0. The molecule has 0 saturated carbocycles. The number of carbonyl (C=O) groups is 2. The zero-order valence-electron chi connectivity index (χ0n) is 14.7. The van der Waals surface area contributed by atoms with Crippen LogP contribution < -0.4 is 10.1 Å². The summed E-state index contributed by atoms with van der Waals surface area (Å²) in [7, 11) is 1.17. The second kappa shape index (κ2) is 6.96. The second-order valence-electron chi connectivity index (χ2n) is 6.02. The van der Waals surface area contributed by atoms with Crippen LogP contribution >= 0.6 is 11.8 Å². The lowest BCUT2D eigenvalue weighted by Crippen LogP contribution is -2.17. The first-order valence-electron chi connectivity index (χ1n) is 8.14. The van der Waals surface area contributed by atoms with E-state index in [2.05, 4.69) is 10.3 Å². The van der Waals surface area contributed by atoms with E-state index in [0.29, 0.717) is 16.5 Å². The van der Waals surface area contributed by atoms with E-state index in [1.165, 1.54) is 37.7 Å². The number of pyridine rings is 1. The third-order valence-electron chi connectivity index (χ3n) is 4.17. The van der Waals surface area contributed by atoms with Gasteiger partial charge in [0.25, 0.3) is 11.1 Å². The van der Waals surface area contributed by atoms with E-state index >= 15 is 0 Å². The number of thioether (sulfide) groups is 1. The van der Waals surface area contributed by atoms with Gasteiger partial charge in [-0.05, 0) is 35.5 Å². The minimum atomic E-state index is -4.60. The summed E-state index contributed by atoms with van der Waals surface area (Å²) in [5, 5.41) is 2.18. The van der Waals surface area contributed by atoms with Gasteiger partial charge in [0, 0.05) is 29.4 Å². The van der Waals surface area contributed by atoms with Crippen LogP contribution in [0.15, 0.2) is 46.0 Å². The van der Waals surface area contributed by atoms with Gasteiger partial charge in [0.05, 0.1) is 17.6 Å². The molecule has 6 nitrogen and oxygen atoms in total. The van der Waals surface area contributed by atoms with E-state index in [1.54, 1.807) is 6.07 Å². The fourth-order valence-corrected chi connectivity index (χ4v) is 3.57. The molecule has 0 aliphatic carbocycles. The molecule has 148 valence electrons. The van der Waals surface area contributed by atoms with Crippen LogP contribution in [0.2, 0.25) is 0 Å². The molecular formula is C19H11F3N2O4S. The zero-order valence-corrected chi connectivity index (χ0v) is 15.5. The normalized spacial score (nSPS) is 15.9. The summed E-state index contributed by atoms with van der Waals surface area (Å²) in [5.41, 5.74) is -0.0198. The van der Waals surface area contributed by atoms with Crippen LogP contribution in [0.25, 0.3) is 28.2 Å². The van der Waals surface area contributed by atoms with Gasteiger partial charge in [0.2, 0.25) is 0 Å². The molecule has 3 aromatic rings. The van der Waals surface area contributed by atoms with Gasteiger partial charge >= 0.3 is 6.18 Å². The molecule has 1 aliphatic rings. The van der Waals surface area contributed by atoms with E-state index < -0.39 is 22.9 Å². The van der Waals surface area contributed by atoms with Crippen molar-refractivity contribution in [2.24, 2.45) is 0 Å². The van der Waals surface area contributed by atoms with Crippen LogP contribution in [0.4, 0.5) is 18.0 Å². The Morgan fingerprint density at radius 3 is 2.66 bits per heavy atom. The number of hydrogen-bond acceptors (Lipinski definition) is 6. The molecule has 0 radical (unpaired) electrons. The molecule has 0 bridgehead atoms. The zero-order chi connectivity index (χ0) is 20.8. The van der Waals surface area contributed by atoms with Crippen LogP contribution in [-0.4, -0.2) is 23.2 Å². The molecule has 0 atom stereocenters. The van der Waals surface area contributed by atoms with Crippen molar-refractivity contribution >= 4 is 40.0 Å². The number of imide groups is 1. The summed E-state index contributed by atoms with van der Waals surface area (Å²) >= 11 is 0.735. The number of carbonyl (C=O) groups excluding carboxylic acids is 2. The number of alkyl halides is 3. The fraction of sp³-hybridized carbons (Fsp3) is 0.105. The quantitative estimate of drug-likeness (QED) is 0.611.